The number of aromatic carboxylic acids is 1. The average Bonchev–Trinajstić information content (AvgIpc) is 3.00. The van der Waals surface area contributed by atoms with Crippen LogP contribution in [0, 0.1) is 0 Å². The van der Waals surface area contributed by atoms with Crippen molar-refractivity contribution in [1.29, 1.82) is 0 Å². The molecule has 4 heteroatoms. The van der Waals surface area contributed by atoms with E-state index >= 15 is 0 Å². The van der Waals surface area contributed by atoms with Crippen LogP contribution in [0.25, 0.3) is 0 Å². The fraction of sp³-hybridized carbons (Fsp3) is 0.353. The minimum absolute atomic E-state index is 0.405. The van der Waals surface area contributed by atoms with E-state index in [-0.39, 0.29) is 0 Å². The van der Waals surface area contributed by atoms with Gasteiger partial charge in [0.2, 0.25) is 0 Å². The minimum atomic E-state index is -0.849. The van der Waals surface area contributed by atoms with Gasteiger partial charge in [-0.2, -0.15) is 0 Å². The fourth-order valence-corrected chi connectivity index (χ4v) is 3.59. The Hall–Kier alpha value is -1.65. The van der Waals surface area contributed by atoms with Gasteiger partial charge in [0.05, 0.1) is 5.56 Å². The van der Waals surface area contributed by atoms with Crippen molar-refractivity contribution < 1.29 is 9.90 Å². The lowest BCUT2D eigenvalue weighted by Crippen LogP contribution is -2.26. The first-order chi connectivity index (χ1) is 10.1. The number of carbonyl (C=O) groups is 1. The largest absolute Gasteiger partial charge is 0.478 e. The van der Waals surface area contributed by atoms with Crippen LogP contribution in [-0.2, 0) is 6.42 Å². The SMILES string of the molecule is CCC(c1cccs1)N(C)CCc1ccccc1C(=O)O. The van der Waals surface area contributed by atoms with E-state index in [2.05, 4.69) is 36.4 Å². The van der Waals surface area contributed by atoms with Crippen molar-refractivity contribution in [3.8, 4) is 0 Å². The van der Waals surface area contributed by atoms with Gasteiger partial charge in [-0.1, -0.05) is 31.2 Å². The molecule has 1 aromatic carbocycles. The van der Waals surface area contributed by atoms with E-state index < -0.39 is 5.97 Å². The van der Waals surface area contributed by atoms with Crippen LogP contribution in [0.5, 0.6) is 0 Å². The number of likely N-dealkylation sites (N-methyl/N-ethyl adjacent to an activating group) is 1. The van der Waals surface area contributed by atoms with E-state index in [4.69, 9.17) is 0 Å². The smallest absolute Gasteiger partial charge is 0.335 e. The van der Waals surface area contributed by atoms with Crippen molar-refractivity contribution in [3.05, 3.63) is 57.8 Å². The summed E-state index contributed by atoms with van der Waals surface area (Å²) in [6.45, 7) is 3.03. The van der Waals surface area contributed by atoms with Crippen LogP contribution in [0.15, 0.2) is 41.8 Å². The summed E-state index contributed by atoms with van der Waals surface area (Å²) >= 11 is 1.78. The summed E-state index contributed by atoms with van der Waals surface area (Å²) in [5, 5.41) is 11.3. The second-order valence-corrected chi connectivity index (χ2v) is 6.11. The Morgan fingerprint density at radius 2 is 2.05 bits per heavy atom. The quantitative estimate of drug-likeness (QED) is 0.838. The van der Waals surface area contributed by atoms with Gasteiger partial charge in [0.1, 0.15) is 0 Å². The number of carboxylic acids is 1. The summed E-state index contributed by atoms with van der Waals surface area (Å²) in [7, 11) is 2.11. The number of carboxylic acid groups (broad SMARTS) is 1. The maximum Gasteiger partial charge on any atom is 0.335 e. The Labute approximate surface area is 129 Å². The third-order valence-corrected chi connectivity index (χ3v) is 4.75. The highest BCUT2D eigenvalue weighted by Gasteiger charge is 2.17. The first-order valence-corrected chi connectivity index (χ1v) is 8.06. The monoisotopic (exact) mass is 303 g/mol. The minimum Gasteiger partial charge on any atom is -0.478 e. The number of hydrogen-bond donors (Lipinski definition) is 1. The van der Waals surface area contributed by atoms with Gasteiger partial charge in [-0.05, 0) is 43.0 Å². The highest BCUT2D eigenvalue weighted by molar-refractivity contribution is 7.10. The van der Waals surface area contributed by atoms with Gasteiger partial charge in [-0.25, -0.2) is 4.79 Å². The molecule has 21 heavy (non-hydrogen) atoms. The van der Waals surface area contributed by atoms with Crippen LogP contribution in [0.1, 0.15) is 40.2 Å². The Balaban J connectivity index is 2.04. The number of thiophene rings is 1. The van der Waals surface area contributed by atoms with E-state index in [1.165, 1.54) is 4.88 Å². The van der Waals surface area contributed by atoms with Gasteiger partial charge >= 0.3 is 5.97 Å². The fourth-order valence-electron chi connectivity index (χ4n) is 2.61. The molecule has 112 valence electrons. The maximum atomic E-state index is 11.2. The summed E-state index contributed by atoms with van der Waals surface area (Å²) in [4.78, 5) is 14.9. The zero-order valence-electron chi connectivity index (χ0n) is 12.5. The molecule has 1 heterocycles. The lowest BCUT2D eigenvalue weighted by atomic mass is 10.0. The molecule has 0 aliphatic carbocycles. The molecule has 1 unspecified atom stereocenters. The summed E-state index contributed by atoms with van der Waals surface area (Å²) in [5.41, 5.74) is 1.31. The molecule has 0 spiro atoms. The van der Waals surface area contributed by atoms with Gasteiger partial charge in [0.25, 0.3) is 0 Å². The number of hydrogen-bond acceptors (Lipinski definition) is 3. The predicted octanol–water partition coefficient (Wildman–Crippen LogP) is 4.07. The predicted molar refractivity (Wildman–Crippen MR) is 87.1 cm³/mol. The zero-order chi connectivity index (χ0) is 15.2. The first kappa shape index (κ1) is 15.7. The number of rotatable bonds is 7. The second-order valence-electron chi connectivity index (χ2n) is 5.13. The van der Waals surface area contributed by atoms with Crippen LogP contribution >= 0.6 is 11.3 Å². The molecule has 2 rings (SSSR count). The molecule has 0 aliphatic heterocycles. The Morgan fingerprint density at radius 3 is 2.67 bits per heavy atom. The first-order valence-electron chi connectivity index (χ1n) is 7.18. The Kier molecular flexibility index (Phi) is 5.53. The lowest BCUT2D eigenvalue weighted by Gasteiger charge is -2.26. The third-order valence-electron chi connectivity index (χ3n) is 3.77. The van der Waals surface area contributed by atoms with Crippen LogP contribution in [0.4, 0.5) is 0 Å². The molecule has 1 atom stereocenters. The summed E-state index contributed by atoms with van der Waals surface area (Å²) < 4.78 is 0. The molecule has 1 N–H and O–H groups in total. The summed E-state index contributed by atoms with van der Waals surface area (Å²) in [6.07, 6.45) is 1.80. The standard InChI is InChI=1S/C17H21NO2S/c1-3-15(16-9-6-12-21-16)18(2)11-10-13-7-4-5-8-14(13)17(19)20/h4-9,12,15H,3,10-11H2,1-2H3,(H,19,20). The van der Waals surface area contributed by atoms with Crippen molar-refractivity contribution in [3.63, 3.8) is 0 Å². The van der Waals surface area contributed by atoms with Gasteiger partial charge < -0.3 is 5.11 Å². The zero-order valence-corrected chi connectivity index (χ0v) is 13.3. The summed E-state index contributed by atoms with van der Waals surface area (Å²) in [5.74, 6) is -0.849. The normalized spacial score (nSPS) is 12.5. The maximum absolute atomic E-state index is 11.2. The van der Waals surface area contributed by atoms with Crippen molar-refractivity contribution in [2.45, 2.75) is 25.8 Å². The average molecular weight is 303 g/mol. The second kappa shape index (κ2) is 7.38. The molecule has 0 bridgehead atoms. The molecule has 0 fully saturated rings. The molecular formula is C17H21NO2S. The molecule has 0 saturated carbocycles. The highest BCUT2D eigenvalue weighted by atomic mass is 32.1. The van der Waals surface area contributed by atoms with Crippen molar-refractivity contribution in [2.24, 2.45) is 0 Å². The van der Waals surface area contributed by atoms with E-state index in [1.54, 1.807) is 23.5 Å². The molecule has 2 aromatic rings. The van der Waals surface area contributed by atoms with E-state index in [0.29, 0.717) is 11.6 Å². The van der Waals surface area contributed by atoms with Gasteiger partial charge in [-0.3, -0.25) is 4.90 Å². The molecular weight excluding hydrogens is 282 g/mol. The number of benzene rings is 1. The summed E-state index contributed by atoms with van der Waals surface area (Å²) in [6, 6.07) is 11.9. The lowest BCUT2D eigenvalue weighted by molar-refractivity contribution is 0.0695. The van der Waals surface area contributed by atoms with Crippen LogP contribution < -0.4 is 0 Å². The number of nitrogens with zero attached hydrogens (tertiary/aromatic N) is 1. The van der Waals surface area contributed by atoms with E-state index in [9.17, 15) is 9.90 Å². The topological polar surface area (TPSA) is 40.5 Å². The van der Waals surface area contributed by atoms with Gasteiger partial charge in [-0.15, -0.1) is 11.3 Å². The molecule has 0 saturated heterocycles. The van der Waals surface area contributed by atoms with Gasteiger partial charge in [0, 0.05) is 17.5 Å². The highest BCUT2D eigenvalue weighted by Crippen LogP contribution is 2.27. The van der Waals surface area contributed by atoms with Crippen LogP contribution in [-0.4, -0.2) is 29.6 Å². The van der Waals surface area contributed by atoms with Crippen molar-refractivity contribution in [2.75, 3.05) is 13.6 Å². The molecule has 0 radical (unpaired) electrons. The molecule has 1 aromatic heterocycles. The molecule has 0 amide bonds. The van der Waals surface area contributed by atoms with Crippen molar-refractivity contribution >= 4 is 17.3 Å². The molecule has 0 aliphatic rings. The van der Waals surface area contributed by atoms with E-state index in [1.807, 2.05) is 12.1 Å². The van der Waals surface area contributed by atoms with E-state index in [0.717, 1.165) is 24.9 Å². The Bertz CT molecular complexity index is 580. The third kappa shape index (κ3) is 3.93. The molecule has 3 nitrogen and oxygen atoms in total. The van der Waals surface area contributed by atoms with Crippen LogP contribution in [0.2, 0.25) is 0 Å². The van der Waals surface area contributed by atoms with Crippen LogP contribution in [0.3, 0.4) is 0 Å². The Morgan fingerprint density at radius 1 is 1.29 bits per heavy atom. The van der Waals surface area contributed by atoms with Crippen molar-refractivity contribution in [1.82, 2.24) is 4.90 Å². The van der Waals surface area contributed by atoms with Gasteiger partial charge in [0.15, 0.2) is 0 Å².